The van der Waals surface area contributed by atoms with Crippen molar-refractivity contribution in [2.75, 3.05) is 12.5 Å². The van der Waals surface area contributed by atoms with Crippen LogP contribution >= 0.6 is 11.6 Å². The molecule has 0 bridgehead atoms. The molecule has 0 saturated heterocycles. The van der Waals surface area contributed by atoms with Gasteiger partial charge in [-0.2, -0.15) is 0 Å². The summed E-state index contributed by atoms with van der Waals surface area (Å²) < 4.78 is 4.91. The normalized spacial score (nSPS) is 10.4. The first-order valence-electron chi connectivity index (χ1n) is 4.98. The van der Waals surface area contributed by atoms with Crippen molar-refractivity contribution in [1.82, 2.24) is 0 Å². The van der Waals surface area contributed by atoms with Gasteiger partial charge in [0.15, 0.2) is 0 Å². The summed E-state index contributed by atoms with van der Waals surface area (Å²) in [6, 6.07) is 7.46. The highest BCUT2D eigenvalue weighted by Gasteiger charge is 2.06. The van der Waals surface area contributed by atoms with Crippen LogP contribution in [0.3, 0.4) is 0 Å². The Morgan fingerprint density at radius 1 is 1.33 bits per heavy atom. The molecule has 0 fully saturated rings. The van der Waals surface area contributed by atoms with E-state index in [4.69, 9.17) is 16.3 Å². The molecule has 1 rings (SSSR count). The fourth-order valence-electron chi connectivity index (χ4n) is 1.22. The average Bonchev–Trinajstić information content (AvgIpc) is 2.26. The van der Waals surface area contributed by atoms with Gasteiger partial charge in [-0.05, 0) is 23.6 Å². The third-order valence-electron chi connectivity index (χ3n) is 2.12. The zero-order valence-electron chi connectivity index (χ0n) is 9.00. The number of hydrogen-bond acceptors (Lipinski definition) is 2. The van der Waals surface area contributed by atoms with E-state index < -0.39 is 0 Å². The van der Waals surface area contributed by atoms with E-state index in [1.54, 1.807) is 12.1 Å². The van der Waals surface area contributed by atoms with Gasteiger partial charge < -0.3 is 4.74 Å². The summed E-state index contributed by atoms with van der Waals surface area (Å²) in [5.74, 6) is 0.486. The monoisotopic (exact) mass is 226 g/mol. The molecule has 0 aliphatic rings. The van der Waals surface area contributed by atoms with Gasteiger partial charge in [0.05, 0.1) is 11.4 Å². The van der Waals surface area contributed by atoms with E-state index in [0.717, 1.165) is 0 Å². The number of carbonyl (C=O) groups is 1. The minimum Gasteiger partial charge on any atom is -0.461 e. The second-order valence-corrected chi connectivity index (χ2v) is 3.98. The summed E-state index contributed by atoms with van der Waals surface area (Å²) in [5.41, 5.74) is 1.79. The molecule has 15 heavy (non-hydrogen) atoms. The summed E-state index contributed by atoms with van der Waals surface area (Å²) in [6.45, 7) is 4.48. The van der Waals surface area contributed by atoms with Gasteiger partial charge in [-0.25, -0.2) is 4.79 Å². The molecule has 0 spiro atoms. The van der Waals surface area contributed by atoms with Crippen molar-refractivity contribution in [2.45, 2.75) is 19.8 Å². The molecule has 0 unspecified atom stereocenters. The summed E-state index contributed by atoms with van der Waals surface area (Å²) in [6.07, 6.45) is 0. The molecule has 0 amide bonds. The maximum Gasteiger partial charge on any atom is 0.338 e. The van der Waals surface area contributed by atoms with Gasteiger partial charge >= 0.3 is 5.97 Å². The highest BCUT2D eigenvalue weighted by atomic mass is 35.5. The molecule has 1 aromatic rings. The first-order chi connectivity index (χ1) is 7.15. The van der Waals surface area contributed by atoms with Crippen molar-refractivity contribution >= 4 is 17.6 Å². The van der Waals surface area contributed by atoms with Gasteiger partial charge in [-0.3, -0.25) is 0 Å². The van der Waals surface area contributed by atoms with Crippen LogP contribution < -0.4 is 0 Å². The molecule has 0 aliphatic heterocycles. The molecule has 0 heterocycles. The summed E-state index contributed by atoms with van der Waals surface area (Å²) >= 11 is 5.42. The molecule has 0 atom stereocenters. The van der Waals surface area contributed by atoms with Crippen molar-refractivity contribution in [3.8, 4) is 0 Å². The van der Waals surface area contributed by atoms with Gasteiger partial charge in [0.25, 0.3) is 0 Å². The zero-order valence-corrected chi connectivity index (χ0v) is 9.75. The van der Waals surface area contributed by atoms with E-state index in [1.807, 2.05) is 12.1 Å². The predicted molar refractivity (Wildman–Crippen MR) is 61.5 cm³/mol. The number of ether oxygens (including phenoxy) is 1. The van der Waals surface area contributed by atoms with E-state index in [-0.39, 0.29) is 12.6 Å². The molecule has 0 N–H and O–H groups in total. The molecule has 2 nitrogen and oxygen atoms in total. The van der Waals surface area contributed by atoms with Crippen LogP contribution in [-0.4, -0.2) is 18.5 Å². The largest absolute Gasteiger partial charge is 0.461 e. The fourth-order valence-corrected chi connectivity index (χ4v) is 1.30. The number of alkyl halides is 1. The average molecular weight is 227 g/mol. The molecule has 0 saturated carbocycles. The lowest BCUT2D eigenvalue weighted by Gasteiger charge is -2.06. The Morgan fingerprint density at radius 3 is 2.40 bits per heavy atom. The minimum absolute atomic E-state index is 0.256. The van der Waals surface area contributed by atoms with Crippen molar-refractivity contribution in [2.24, 2.45) is 0 Å². The van der Waals surface area contributed by atoms with Crippen LogP contribution in [0.15, 0.2) is 24.3 Å². The third-order valence-corrected chi connectivity index (χ3v) is 2.28. The van der Waals surface area contributed by atoms with E-state index in [0.29, 0.717) is 17.4 Å². The smallest absolute Gasteiger partial charge is 0.338 e. The minimum atomic E-state index is -0.314. The van der Waals surface area contributed by atoms with Crippen LogP contribution in [0.1, 0.15) is 35.7 Å². The molecule has 3 heteroatoms. The standard InChI is InChI=1S/C12H15ClO2/c1-9(2)10-3-5-11(6-4-10)12(14)15-8-7-13/h3-6,9H,7-8H2,1-2H3. The fraction of sp³-hybridized carbons (Fsp3) is 0.417. The lowest BCUT2D eigenvalue weighted by Crippen LogP contribution is -2.07. The lowest BCUT2D eigenvalue weighted by atomic mass is 10.0. The predicted octanol–water partition coefficient (Wildman–Crippen LogP) is 3.21. The highest BCUT2D eigenvalue weighted by Crippen LogP contribution is 2.15. The van der Waals surface area contributed by atoms with E-state index in [2.05, 4.69) is 13.8 Å². The first kappa shape index (κ1) is 12.1. The Bertz CT molecular complexity index is 317. The molecular formula is C12H15ClO2. The van der Waals surface area contributed by atoms with Crippen molar-refractivity contribution in [3.05, 3.63) is 35.4 Å². The first-order valence-corrected chi connectivity index (χ1v) is 5.51. The van der Waals surface area contributed by atoms with Crippen molar-refractivity contribution < 1.29 is 9.53 Å². The van der Waals surface area contributed by atoms with Crippen LogP contribution in [0.25, 0.3) is 0 Å². The number of esters is 1. The quantitative estimate of drug-likeness (QED) is 0.582. The lowest BCUT2D eigenvalue weighted by molar-refractivity contribution is 0.0529. The second-order valence-electron chi connectivity index (χ2n) is 3.60. The Kier molecular flexibility index (Phi) is 4.63. The molecular weight excluding hydrogens is 212 g/mol. The number of carbonyl (C=O) groups excluding carboxylic acids is 1. The van der Waals surface area contributed by atoms with Gasteiger partial charge in [0, 0.05) is 0 Å². The van der Waals surface area contributed by atoms with Crippen LogP contribution in [0.5, 0.6) is 0 Å². The van der Waals surface area contributed by atoms with Crippen LogP contribution in [-0.2, 0) is 4.74 Å². The second kappa shape index (κ2) is 5.76. The van der Waals surface area contributed by atoms with E-state index in [1.165, 1.54) is 5.56 Å². The SMILES string of the molecule is CC(C)c1ccc(C(=O)OCCCl)cc1. The summed E-state index contributed by atoms with van der Waals surface area (Å²) in [4.78, 5) is 11.4. The van der Waals surface area contributed by atoms with Gasteiger partial charge in [-0.15, -0.1) is 11.6 Å². The molecule has 82 valence electrons. The number of hydrogen-bond donors (Lipinski definition) is 0. The maximum atomic E-state index is 11.4. The van der Waals surface area contributed by atoms with Crippen molar-refractivity contribution in [3.63, 3.8) is 0 Å². The number of benzene rings is 1. The Labute approximate surface area is 95.2 Å². The zero-order chi connectivity index (χ0) is 11.3. The molecule has 0 radical (unpaired) electrons. The number of rotatable bonds is 4. The van der Waals surface area contributed by atoms with Gasteiger partial charge in [0.2, 0.25) is 0 Å². The Morgan fingerprint density at radius 2 is 1.93 bits per heavy atom. The molecule has 0 aliphatic carbocycles. The Balaban J connectivity index is 2.67. The summed E-state index contributed by atoms with van der Waals surface area (Å²) in [5, 5.41) is 0. The van der Waals surface area contributed by atoms with Crippen LogP contribution in [0, 0.1) is 0 Å². The van der Waals surface area contributed by atoms with Crippen molar-refractivity contribution in [1.29, 1.82) is 0 Å². The van der Waals surface area contributed by atoms with Gasteiger partial charge in [0.1, 0.15) is 6.61 Å². The van der Waals surface area contributed by atoms with Crippen LogP contribution in [0.4, 0.5) is 0 Å². The topological polar surface area (TPSA) is 26.3 Å². The Hall–Kier alpha value is -1.02. The number of halogens is 1. The van der Waals surface area contributed by atoms with E-state index >= 15 is 0 Å². The third kappa shape index (κ3) is 3.56. The molecule has 1 aromatic carbocycles. The summed E-state index contributed by atoms with van der Waals surface area (Å²) in [7, 11) is 0. The van der Waals surface area contributed by atoms with E-state index in [9.17, 15) is 4.79 Å². The van der Waals surface area contributed by atoms with Gasteiger partial charge in [-0.1, -0.05) is 26.0 Å². The highest BCUT2D eigenvalue weighted by molar-refractivity contribution is 6.18. The van der Waals surface area contributed by atoms with Crippen LogP contribution in [0.2, 0.25) is 0 Å². The molecule has 0 aromatic heterocycles. The maximum absolute atomic E-state index is 11.4.